The number of nitrogens with one attached hydrogen (secondary N) is 1. The highest BCUT2D eigenvalue weighted by atomic mass is 35.5. The zero-order valence-electron chi connectivity index (χ0n) is 13.7. The van der Waals surface area contributed by atoms with Crippen LogP contribution < -0.4 is 14.8 Å². The summed E-state index contributed by atoms with van der Waals surface area (Å²) in [5.41, 5.74) is 2.28. The fraction of sp³-hybridized carbons (Fsp3) is 0.235. The fourth-order valence-corrected chi connectivity index (χ4v) is 3.89. The molecule has 0 bridgehead atoms. The maximum absolute atomic E-state index is 12.6. The summed E-state index contributed by atoms with van der Waals surface area (Å²) in [5, 5.41) is 4.59. The maximum Gasteiger partial charge on any atom is 0.203 e. The van der Waals surface area contributed by atoms with E-state index in [-0.39, 0.29) is 10.0 Å². The van der Waals surface area contributed by atoms with Gasteiger partial charge in [-0.2, -0.15) is 0 Å². The Morgan fingerprint density at radius 1 is 1.20 bits per heavy atom. The predicted molar refractivity (Wildman–Crippen MR) is 95.7 cm³/mol. The molecule has 0 aliphatic carbocycles. The number of fused-ring (bicyclic) bond motifs is 1. The van der Waals surface area contributed by atoms with E-state index in [1.807, 2.05) is 6.07 Å². The second-order valence-corrected chi connectivity index (χ2v) is 7.62. The first-order chi connectivity index (χ1) is 11.9. The van der Waals surface area contributed by atoms with Gasteiger partial charge >= 0.3 is 0 Å². The van der Waals surface area contributed by atoms with Gasteiger partial charge in [-0.25, -0.2) is 13.4 Å². The van der Waals surface area contributed by atoms with Crippen LogP contribution in [0.25, 0.3) is 5.70 Å². The minimum absolute atomic E-state index is 0.0822. The average Bonchev–Trinajstić information content (AvgIpc) is 2.61. The molecule has 0 radical (unpaired) electrons. The normalized spacial score (nSPS) is 15.4. The molecule has 1 aliphatic heterocycles. The zero-order valence-corrected chi connectivity index (χ0v) is 15.3. The summed E-state index contributed by atoms with van der Waals surface area (Å²) in [6.07, 6.45) is 2.00. The van der Waals surface area contributed by atoms with Crippen molar-refractivity contribution in [3.05, 3.63) is 52.2 Å². The Balaban J connectivity index is 2.08. The molecule has 0 saturated heterocycles. The average molecular weight is 381 g/mol. The molecule has 1 aromatic carbocycles. The summed E-state index contributed by atoms with van der Waals surface area (Å²) in [4.78, 5) is 3.92. The van der Waals surface area contributed by atoms with Crippen LogP contribution in [0.2, 0.25) is 5.15 Å². The summed E-state index contributed by atoms with van der Waals surface area (Å²) in [6.45, 7) is 0.628. The van der Waals surface area contributed by atoms with Crippen molar-refractivity contribution in [2.24, 2.45) is 0 Å². The van der Waals surface area contributed by atoms with Crippen LogP contribution in [0.3, 0.4) is 0 Å². The number of hydrogen-bond donors (Lipinski definition) is 1. The summed E-state index contributed by atoms with van der Waals surface area (Å²) in [6, 6.07) is 6.53. The molecule has 0 saturated carbocycles. The van der Waals surface area contributed by atoms with E-state index in [1.54, 1.807) is 20.3 Å². The van der Waals surface area contributed by atoms with E-state index in [0.717, 1.165) is 17.5 Å². The second kappa shape index (κ2) is 6.93. The number of halogens is 1. The first-order valence-corrected chi connectivity index (χ1v) is 9.44. The quantitative estimate of drug-likeness (QED) is 0.822. The first-order valence-electron chi connectivity index (χ1n) is 7.52. The van der Waals surface area contributed by atoms with Crippen molar-refractivity contribution in [3.8, 4) is 11.5 Å². The lowest BCUT2D eigenvalue weighted by atomic mass is 9.98. The van der Waals surface area contributed by atoms with Crippen LogP contribution in [-0.4, -0.2) is 34.2 Å². The van der Waals surface area contributed by atoms with Crippen LogP contribution >= 0.6 is 11.6 Å². The Bertz CT molecular complexity index is 924. The van der Waals surface area contributed by atoms with Crippen LogP contribution in [0.1, 0.15) is 11.1 Å². The molecule has 0 atom stereocenters. The number of aromatic nitrogens is 1. The van der Waals surface area contributed by atoms with E-state index in [4.69, 9.17) is 21.1 Å². The van der Waals surface area contributed by atoms with Gasteiger partial charge in [-0.1, -0.05) is 11.6 Å². The van der Waals surface area contributed by atoms with Gasteiger partial charge in [0.2, 0.25) is 9.84 Å². The van der Waals surface area contributed by atoms with Crippen molar-refractivity contribution in [1.29, 1.82) is 0 Å². The molecule has 25 heavy (non-hydrogen) atoms. The molecule has 6 nitrogen and oxygen atoms in total. The van der Waals surface area contributed by atoms with Crippen LogP contribution in [0, 0.1) is 0 Å². The van der Waals surface area contributed by atoms with Gasteiger partial charge in [0, 0.05) is 18.3 Å². The van der Waals surface area contributed by atoms with Crippen LogP contribution in [0.4, 0.5) is 0 Å². The third-order valence-electron chi connectivity index (χ3n) is 3.91. The van der Waals surface area contributed by atoms with E-state index < -0.39 is 9.84 Å². The summed E-state index contributed by atoms with van der Waals surface area (Å²) in [5.74, 6) is 1.16. The maximum atomic E-state index is 12.6. The fourth-order valence-electron chi connectivity index (χ4n) is 2.66. The zero-order chi connectivity index (χ0) is 18.0. The van der Waals surface area contributed by atoms with Gasteiger partial charge in [-0.05, 0) is 36.2 Å². The van der Waals surface area contributed by atoms with Crippen molar-refractivity contribution < 1.29 is 17.9 Å². The van der Waals surface area contributed by atoms with Crippen LogP contribution in [0.5, 0.6) is 11.5 Å². The standard InChI is InChI=1S/C17H17ClN2O4S/c1-23-15-7-11-5-6-19-14(13(11)8-16(15)24-2)10-25(21,22)12-3-4-17(18)20-9-12/h3-4,7-10,19H,5-6H2,1-2H3/b14-10-. The Morgan fingerprint density at radius 2 is 1.92 bits per heavy atom. The lowest BCUT2D eigenvalue weighted by Crippen LogP contribution is -2.23. The van der Waals surface area contributed by atoms with Gasteiger partial charge in [0.15, 0.2) is 11.5 Å². The number of pyridine rings is 1. The molecular weight excluding hydrogens is 364 g/mol. The molecule has 0 spiro atoms. The number of nitrogens with zero attached hydrogens (tertiary/aromatic N) is 1. The largest absolute Gasteiger partial charge is 0.493 e. The highest BCUT2D eigenvalue weighted by Crippen LogP contribution is 2.35. The summed E-state index contributed by atoms with van der Waals surface area (Å²) in [7, 11) is -0.561. The van der Waals surface area contributed by atoms with Crippen molar-refractivity contribution in [1.82, 2.24) is 10.3 Å². The van der Waals surface area contributed by atoms with E-state index in [2.05, 4.69) is 10.3 Å². The number of hydrogen-bond acceptors (Lipinski definition) is 6. The molecule has 0 fully saturated rings. The van der Waals surface area contributed by atoms with E-state index in [0.29, 0.717) is 23.7 Å². The lowest BCUT2D eigenvalue weighted by molar-refractivity contribution is 0.354. The van der Waals surface area contributed by atoms with Crippen molar-refractivity contribution in [2.45, 2.75) is 11.3 Å². The number of benzene rings is 1. The van der Waals surface area contributed by atoms with Gasteiger partial charge in [-0.3, -0.25) is 0 Å². The highest BCUT2D eigenvalue weighted by Gasteiger charge is 2.21. The summed E-state index contributed by atoms with van der Waals surface area (Å²) < 4.78 is 35.9. The van der Waals surface area contributed by atoms with Crippen LogP contribution in [-0.2, 0) is 16.3 Å². The van der Waals surface area contributed by atoms with Gasteiger partial charge in [0.25, 0.3) is 0 Å². The molecule has 3 rings (SSSR count). The molecular formula is C17H17ClN2O4S. The molecule has 2 aromatic rings. The molecule has 0 amide bonds. The van der Waals surface area contributed by atoms with Gasteiger partial charge in [0.05, 0.1) is 30.2 Å². The van der Waals surface area contributed by atoms with E-state index in [9.17, 15) is 8.42 Å². The monoisotopic (exact) mass is 380 g/mol. The van der Waals surface area contributed by atoms with Gasteiger partial charge < -0.3 is 14.8 Å². The van der Waals surface area contributed by atoms with Gasteiger partial charge in [0.1, 0.15) is 5.15 Å². The first kappa shape index (κ1) is 17.6. The number of sulfone groups is 1. The number of methoxy groups -OCH3 is 2. The highest BCUT2D eigenvalue weighted by molar-refractivity contribution is 7.94. The Kier molecular flexibility index (Phi) is 4.87. The minimum atomic E-state index is -3.67. The second-order valence-electron chi connectivity index (χ2n) is 5.43. The molecule has 0 unspecified atom stereocenters. The lowest BCUT2D eigenvalue weighted by Gasteiger charge is -2.23. The smallest absolute Gasteiger partial charge is 0.203 e. The molecule has 1 aromatic heterocycles. The molecule has 8 heteroatoms. The third kappa shape index (κ3) is 3.57. The van der Waals surface area contributed by atoms with Crippen LogP contribution in [0.15, 0.2) is 40.8 Å². The van der Waals surface area contributed by atoms with Gasteiger partial charge in [-0.15, -0.1) is 0 Å². The molecule has 2 heterocycles. The molecule has 1 aliphatic rings. The van der Waals surface area contributed by atoms with Crippen molar-refractivity contribution in [2.75, 3.05) is 20.8 Å². The predicted octanol–water partition coefficient (Wildman–Crippen LogP) is 2.67. The Hall–Kier alpha value is -2.25. The van der Waals surface area contributed by atoms with E-state index >= 15 is 0 Å². The molecule has 1 N–H and O–H groups in total. The molecule has 132 valence electrons. The topological polar surface area (TPSA) is 77.5 Å². The van der Waals surface area contributed by atoms with E-state index in [1.165, 1.54) is 23.7 Å². The Labute approximate surface area is 151 Å². The minimum Gasteiger partial charge on any atom is -0.493 e. The number of ether oxygens (including phenoxy) is 2. The third-order valence-corrected chi connectivity index (χ3v) is 5.58. The van der Waals surface area contributed by atoms with Crippen molar-refractivity contribution >= 4 is 27.1 Å². The summed E-state index contributed by atoms with van der Waals surface area (Å²) >= 11 is 5.72. The Morgan fingerprint density at radius 3 is 2.56 bits per heavy atom. The number of rotatable bonds is 4. The SMILES string of the molecule is COc1cc2c(cc1OC)/C(=C/S(=O)(=O)c1ccc(Cl)nc1)NCC2. The van der Waals surface area contributed by atoms with Crippen molar-refractivity contribution in [3.63, 3.8) is 0 Å².